The summed E-state index contributed by atoms with van der Waals surface area (Å²) < 4.78 is 10.5. The minimum Gasteiger partial charge on any atom is -0.211 e. The van der Waals surface area contributed by atoms with Gasteiger partial charge >= 0.3 is 13.5 Å². The lowest BCUT2D eigenvalue weighted by molar-refractivity contribution is 0.508. The van der Waals surface area contributed by atoms with E-state index in [0.29, 0.717) is 6.42 Å². The van der Waals surface area contributed by atoms with Crippen LogP contribution in [0, 0.1) is 0 Å². The summed E-state index contributed by atoms with van der Waals surface area (Å²) in [4.78, 5) is 21.5. The van der Waals surface area contributed by atoms with Crippen LogP contribution in [0.3, 0.4) is 0 Å². The first-order chi connectivity index (χ1) is 5.72. The van der Waals surface area contributed by atoms with Crippen LogP contribution in [-0.4, -0.2) is 11.0 Å². The molecule has 0 aliphatic rings. The molecule has 0 saturated carbocycles. The van der Waals surface area contributed by atoms with E-state index in [1.807, 2.05) is 6.92 Å². The first kappa shape index (κ1) is 11.2. The van der Waals surface area contributed by atoms with Crippen molar-refractivity contribution in [2.45, 2.75) is 26.2 Å². The van der Waals surface area contributed by atoms with Crippen molar-refractivity contribution in [3.8, 4) is 0 Å². The van der Waals surface area contributed by atoms with Crippen LogP contribution in [0.2, 0.25) is 0 Å². The van der Waals surface area contributed by atoms with Gasteiger partial charge in [-0.1, -0.05) is 13.3 Å². The van der Waals surface area contributed by atoms with E-state index in [9.17, 15) is 9.36 Å². The molecule has 1 atom stereocenters. The summed E-state index contributed by atoms with van der Waals surface area (Å²) in [5, 5.41) is 0. The van der Waals surface area contributed by atoms with Crippen molar-refractivity contribution in [3.63, 3.8) is 0 Å². The Morgan fingerprint density at radius 1 is 1.75 bits per heavy atom. The standard InChI is InChI=1S/C7H10NO3P/c1-2-3-4-5-7(8-6-9)12(10)11/h5H,2-4H2,1H3/p+1. The summed E-state index contributed by atoms with van der Waals surface area (Å²) in [6, 6.07) is 0. The molecule has 0 aromatic rings. The van der Waals surface area contributed by atoms with Gasteiger partial charge in [-0.25, -0.2) is 4.79 Å². The molecule has 0 aliphatic carbocycles. The van der Waals surface area contributed by atoms with Crippen molar-refractivity contribution in [1.82, 2.24) is 0 Å². The largest absolute Gasteiger partial charge is 0.567 e. The topological polar surface area (TPSA) is 66.7 Å². The average molecular weight is 188 g/mol. The molecule has 0 heterocycles. The Hall–Kier alpha value is -0.820. The first-order valence-electron chi connectivity index (χ1n) is 3.66. The second-order valence-corrected chi connectivity index (χ2v) is 3.18. The molecule has 0 aromatic carbocycles. The Morgan fingerprint density at radius 3 is 2.83 bits per heavy atom. The lowest BCUT2D eigenvalue weighted by Crippen LogP contribution is -1.73. The predicted octanol–water partition coefficient (Wildman–Crippen LogP) is 2.09. The SMILES string of the molecule is CCCCC=C(N=C=O)[P+](=O)O. The number of hydrogen-bond acceptors (Lipinski definition) is 3. The highest BCUT2D eigenvalue weighted by molar-refractivity contribution is 7.43. The fraction of sp³-hybridized carbons (Fsp3) is 0.571. The number of nitrogens with zero attached hydrogens (tertiary/aromatic N) is 1. The van der Waals surface area contributed by atoms with Crippen molar-refractivity contribution in [2.75, 3.05) is 0 Å². The van der Waals surface area contributed by atoms with E-state index in [1.165, 1.54) is 12.2 Å². The van der Waals surface area contributed by atoms with Gasteiger partial charge in [-0.2, -0.15) is 4.89 Å². The third kappa shape index (κ3) is 4.91. The molecule has 0 bridgehead atoms. The van der Waals surface area contributed by atoms with Crippen LogP contribution in [0.15, 0.2) is 16.5 Å². The van der Waals surface area contributed by atoms with Crippen LogP contribution in [-0.2, 0) is 9.36 Å². The second kappa shape index (κ2) is 6.86. The van der Waals surface area contributed by atoms with Crippen molar-refractivity contribution in [2.24, 2.45) is 4.99 Å². The molecule has 1 unspecified atom stereocenters. The van der Waals surface area contributed by atoms with Crippen molar-refractivity contribution in [3.05, 3.63) is 11.5 Å². The molecule has 0 fully saturated rings. The van der Waals surface area contributed by atoms with Gasteiger partial charge in [0.2, 0.25) is 6.08 Å². The highest BCUT2D eigenvalue weighted by atomic mass is 31.1. The van der Waals surface area contributed by atoms with Crippen molar-refractivity contribution >= 4 is 14.1 Å². The zero-order valence-corrected chi connectivity index (χ0v) is 7.75. The number of rotatable bonds is 5. The number of hydrogen-bond donors (Lipinski definition) is 1. The lowest BCUT2D eigenvalue weighted by Gasteiger charge is -1.85. The zero-order chi connectivity index (χ0) is 9.40. The maximum Gasteiger partial charge on any atom is 0.567 e. The van der Waals surface area contributed by atoms with Gasteiger partial charge in [-0.3, -0.25) is 0 Å². The number of unbranched alkanes of at least 4 members (excludes halogenated alkanes) is 2. The van der Waals surface area contributed by atoms with Gasteiger partial charge in [0.25, 0.3) is 0 Å². The quantitative estimate of drug-likeness (QED) is 0.311. The normalized spacial score (nSPS) is 12.2. The monoisotopic (exact) mass is 188 g/mol. The predicted molar refractivity (Wildman–Crippen MR) is 45.6 cm³/mol. The van der Waals surface area contributed by atoms with Gasteiger partial charge < -0.3 is 0 Å². The van der Waals surface area contributed by atoms with E-state index >= 15 is 0 Å². The van der Waals surface area contributed by atoms with Crippen LogP contribution in [0.5, 0.6) is 0 Å². The highest BCUT2D eigenvalue weighted by Gasteiger charge is 2.18. The minimum atomic E-state index is -2.50. The Kier molecular flexibility index (Phi) is 6.39. The molecule has 0 radical (unpaired) electrons. The molecule has 5 heteroatoms. The second-order valence-electron chi connectivity index (χ2n) is 2.18. The summed E-state index contributed by atoms with van der Waals surface area (Å²) in [6.45, 7) is 2.01. The van der Waals surface area contributed by atoms with Crippen LogP contribution < -0.4 is 0 Å². The van der Waals surface area contributed by atoms with Gasteiger partial charge in [0.15, 0.2) is 0 Å². The molecule has 0 saturated heterocycles. The van der Waals surface area contributed by atoms with E-state index in [1.54, 1.807) is 0 Å². The van der Waals surface area contributed by atoms with E-state index in [-0.39, 0.29) is 5.44 Å². The fourth-order valence-electron chi connectivity index (χ4n) is 0.649. The molecule has 0 amide bonds. The smallest absolute Gasteiger partial charge is 0.211 e. The maximum atomic E-state index is 10.5. The summed E-state index contributed by atoms with van der Waals surface area (Å²) in [7, 11) is -2.50. The van der Waals surface area contributed by atoms with Gasteiger partial charge in [0, 0.05) is 0 Å². The molecular formula is C7H11NO3P+. The molecular weight excluding hydrogens is 177 g/mol. The molecule has 4 nitrogen and oxygen atoms in total. The van der Waals surface area contributed by atoms with Gasteiger partial charge in [0.1, 0.15) is 0 Å². The third-order valence-corrected chi connectivity index (χ3v) is 1.92. The molecule has 12 heavy (non-hydrogen) atoms. The summed E-state index contributed by atoms with van der Waals surface area (Å²) in [5.41, 5.74) is -0.0755. The van der Waals surface area contributed by atoms with Gasteiger partial charge in [-0.05, 0) is 23.5 Å². The van der Waals surface area contributed by atoms with Crippen LogP contribution in [0.4, 0.5) is 0 Å². The van der Waals surface area contributed by atoms with Crippen LogP contribution >= 0.6 is 8.03 Å². The van der Waals surface area contributed by atoms with Gasteiger partial charge in [0.05, 0.1) is 0 Å². The number of allylic oxidation sites excluding steroid dienone is 1. The van der Waals surface area contributed by atoms with Gasteiger partial charge in [-0.15, -0.1) is 4.99 Å². The maximum absolute atomic E-state index is 10.5. The molecule has 0 rings (SSSR count). The van der Waals surface area contributed by atoms with Crippen molar-refractivity contribution < 1.29 is 14.3 Å². The van der Waals surface area contributed by atoms with Crippen LogP contribution in [0.1, 0.15) is 26.2 Å². The molecule has 0 spiro atoms. The van der Waals surface area contributed by atoms with E-state index in [4.69, 9.17) is 4.89 Å². The van der Waals surface area contributed by atoms with E-state index < -0.39 is 8.03 Å². The first-order valence-corrected chi connectivity index (χ1v) is 4.87. The molecule has 0 aliphatic heterocycles. The Morgan fingerprint density at radius 2 is 2.42 bits per heavy atom. The number of aliphatic imine (C=N–C) groups is 1. The third-order valence-electron chi connectivity index (χ3n) is 1.24. The average Bonchev–Trinajstić information content (AvgIpc) is 2.03. The van der Waals surface area contributed by atoms with Crippen LogP contribution in [0.25, 0.3) is 0 Å². The molecule has 0 aromatic heterocycles. The Labute approximate surface area is 71.9 Å². The van der Waals surface area contributed by atoms with E-state index in [2.05, 4.69) is 4.99 Å². The summed E-state index contributed by atoms with van der Waals surface area (Å²) in [5.74, 6) is 0. The Bertz CT molecular complexity index is 227. The number of isocyanates is 1. The van der Waals surface area contributed by atoms with Crippen molar-refractivity contribution in [1.29, 1.82) is 0 Å². The number of carbonyl (C=O) groups excluding carboxylic acids is 1. The summed E-state index contributed by atoms with van der Waals surface area (Å²) in [6.07, 6.45) is 5.31. The highest BCUT2D eigenvalue weighted by Crippen LogP contribution is 2.28. The zero-order valence-electron chi connectivity index (χ0n) is 6.86. The molecule has 66 valence electrons. The fourth-order valence-corrected chi connectivity index (χ4v) is 1.06. The minimum absolute atomic E-state index is 0.0755. The Balaban J connectivity index is 4.19. The lowest BCUT2D eigenvalue weighted by atomic mass is 10.2. The molecule has 1 N–H and O–H groups in total. The van der Waals surface area contributed by atoms with E-state index in [0.717, 1.165) is 12.8 Å². The summed E-state index contributed by atoms with van der Waals surface area (Å²) >= 11 is 0.